The SMILES string of the molecule is Oc1ccc(C(c2ccccc2)(c2ccccc2)c2ccc(O)c(C3CCCCC3)c2)cc1C1CCCCC1. The van der Waals surface area contributed by atoms with Crippen LogP contribution in [0.5, 0.6) is 11.5 Å². The Morgan fingerprint density at radius 1 is 0.436 bits per heavy atom. The van der Waals surface area contributed by atoms with Crippen LogP contribution in [0.25, 0.3) is 0 Å². The first-order valence-electron chi connectivity index (χ1n) is 15.0. The lowest BCUT2D eigenvalue weighted by atomic mass is 9.64. The van der Waals surface area contributed by atoms with Gasteiger partial charge in [0, 0.05) is 0 Å². The highest BCUT2D eigenvalue weighted by molar-refractivity contribution is 5.62. The highest BCUT2D eigenvalue weighted by atomic mass is 16.3. The van der Waals surface area contributed by atoms with Gasteiger partial charge in [-0.15, -0.1) is 0 Å². The summed E-state index contributed by atoms with van der Waals surface area (Å²) in [5, 5.41) is 22.2. The van der Waals surface area contributed by atoms with E-state index in [2.05, 4.69) is 84.9 Å². The molecule has 0 unspecified atom stereocenters. The van der Waals surface area contributed by atoms with Gasteiger partial charge in [-0.25, -0.2) is 0 Å². The van der Waals surface area contributed by atoms with Gasteiger partial charge in [0.15, 0.2) is 0 Å². The third-order valence-corrected chi connectivity index (χ3v) is 9.42. The molecule has 2 nitrogen and oxygen atoms in total. The second-order valence-electron chi connectivity index (χ2n) is 11.7. The summed E-state index contributed by atoms with van der Waals surface area (Å²) < 4.78 is 0. The normalized spacial score (nSPS) is 17.2. The van der Waals surface area contributed by atoms with Crippen molar-refractivity contribution < 1.29 is 10.2 Å². The van der Waals surface area contributed by atoms with E-state index in [0.29, 0.717) is 23.3 Å². The van der Waals surface area contributed by atoms with E-state index in [1.807, 2.05) is 12.1 Å². The summed E-state index contributed by atoms with van der Waals surface area (Å²) in [5.41, 5.74) is 6.28. The molecule has 0 radical (unpaired) electrons. The van der Waals surface area contributed by atoms with Gasteiger partial charge in [0.1, 0.15) is 11.5 Å². The van der Waals surface area contributed by atoms with Crippen molar-refractivity contribution in [2.24, 2.45) is 0 Å². The highest BCUT2D eigenvalue weighted by Gasteiger charge is 2.40. The molecule has 6 rings (SSSR count). The van der Waals surface area contributed by atoms with E-state index >= 15 is 0 Å². The molecule has 0 amide bonds. The van der Waals surface area contributed by atoms with Crippen LogP contribution in [0.2, 0.25) is 0 Å². The zero-order valence-corrected chi connectivity index (χ0v) is 22.9. The van der Waals surface area contributed by atoms with Crippen LogP contribution in [-0.2, 0) is 5.41 Å². The fourth-order valence-corrected chi connectivity index (χ4v) is 7.43. The summed E-state index contributed by atoms with van der Waals surface area (Å²) in [6.07, 6.45) is 12.0. The average molecular weight is 517 g/mol. The quantitative estimate of drug-likeness (QED) is 0.250. The first kappa shape index (κ1) is 25.7. The number of hydrogen-bond acceptors (Lipinski definition) is 2. The molecule has 0 heterocycles. The Labute approximate surface area is 233 Å². The minimum Gasteiger partial charge on any atom is -0.508 e. The molecule has 4 aromatic carbocycles. The molecule has 2 fully saturated rings. The predicted molar refractivity (Wildman–Crippen MR) is 160 cm³/mol. The van der Waals surface area contributed by atoms with Crippen molar-refractivity contribution in [2.45, 2.75) is 81.5 Å². The lowest BCUT2D eigenvalue weighted by Gasteiger charge is -2.38. The lowest BCUT2D eigenvalue weighted by molar-refractivity contribution is 0.413. The molecule has 0 spiro atoms. The van der Waals surface area contributed by atoms with Gasteiger partial charge in [-0.05, 0) is 83.0 Å². The van der Waals surface area contributed by atoms with Crippen LogP contribution in [0, 0.1) is 0 Å². The summed E-state index contributed by atoms with van der Waals surface area (Å²) >= 11 is 0. The van der Waals surface area contributed by atoms with Gasteiger partial charge in [0.25, 0.3) is 0 Å². The van der Waals surface area contributed by atoms with Gasteiger partial charge >= 0.3 is 0 Å². The van der Waals surface area contributed by atoms with Crippen LogP contribution >= 0.6 is 0 Å². The molecule has 39 heavy (non-hydrogen) atoms. The highest BCUT2D eigenvalue weighted by Crippen LogP contribution is 2.49. The van der Waals surface area contributed by atoms with Crippen molar-refractivity contribution in [1.29, 1.82) is 0 Å². The number of aromatic hydroxyl groups is 2. The average Bonchev–Trinajstić information content (AvgIpc) is 3.01. The summed E-state index contributed by atoms with van der Waals surface area (Å²) in [7, 11) is 0. The maximum atomic E-state index is 11.1. The van der Waals surface area contributed by atoms with Crippen LogP contribution < -0.4 is 0 Å². The zero-order chi connectivity index (χ0) is 26.7. The fourth-order valence-electron chi connectivity index (χ4n) is 7.43. The molecule has 2 saturated carbocycles. The Morgan fingerprint density at radius 3 is 1.21 bits per heavy atom. The van der Waals surface area contributed by atoms with E-state index in [1.165, 1.54) is 60.8 Å². The number of rotatable bonds is 6. The van der Waals surface area contributed by atoms with E-state index in [4.69, 9.17) is 0 Å². The Morgan fingerprint density at radius 2 is 0.821 bits per heavy atom. The minimum atomic E-state index is -0.587. The zero-order valence-electron chi connectivity index (χ0n) is 22.9. The molecule has 0 saturated heterocycles. The number of phenols is 2. The Kier molecular flexibility index (Phi) is 7.46. The van der Waals surface area contributed by atoms with Crippen LogP contribution in [0.1, 0.15) is 109 Å². The van der Waals surface area contributed by atoms with Gasteiger partial charge < -0.3 is 10.2 Å². The van der Waals surface area contributed by atoms with E-state index in [-0.39, 0.29) is 0 Å². The summed E-state index contributed by atoms with van der Waals surface area (Å²) in [6, 6.07) is 34.2. The molecule has 200 valence electrons. The van der Waals surface area contributed by atoms with E-state index in [0.717, 1.165) is 36.8 Å². The molecule has 0 atom stereocenters. The molecule has 0 aliphatic heterocycles. The lowest BCUT2D eigenvalue weighted by Crippen LogP contribution is -2.31. The van der Waals surface area contributed by atoms with E-state index < -0.39 is 5.41 Å². The number of benzene rings is 4. The van der Waals surface area contributed by atoms with Crippen LogP contribution in [0.3, 0.4) is 0 Å². The van der Waals surface area contributed by atoms with Crippen LogP contribution in [0.15, 0.2) is 97.1 Å². The Hall–Kier alpha value is -3.52. The molecule has 2 aliphatic carbocycles. The first-order valence-corrected chi connectivity index (χ1v) is 15.0. The summed E-state index contributed by atoms with van der Waals surface area (Å²) in [6.45, 7) is 0. The van der Waals surface area contributed by atoms with Gasteiger partial charge in [-0.1, -0.05) is 123 Å². The van der Waals surface area contributed by atoms with Crippen LogP contribution in [0.4, 0.5) is 0 Å². The Bertz CT molecular complexity index is 1270. The van der Waals surface area contributed by atoms with Crippen LogP contribution in [-0.4, -0.2) is 10.2 Å². The van der Waals surface area contributed by atoms with Crippen molar-refractivity contribution >= 4 is 0 Å². The molecule has 2 heteroatoms. The third-order valence-electron chi connectivity index (χ3n) is 9.42. The first-order chi connectivity index (χ1) is 19.2. The fraction of sp³-hybridized carbons (Fsp3) is 0.351. The van der Waals surface area contributed by atoms with Gasteiger partial charge in [0.2, 0.25) is 0 Å². The summed E-state index contributed by atoms with van der Waals surface area (Å²) in [4.78, 5) is 0. The standard InChI is InChI=1S/C37H40O2/c38-35-23-21-31(25-33(35)27-13-5-1-6-14-27)37(29-17-9-3-10-18-29,30-19-11-4-12-20-30)32-22-24-36(39)34(26-32)28-15-7-2-8-16-28/h3-4,9-12,17-28,38-39H,1-2,5-8,13-16H2. The smallest absolute Gasteiger partial charge is 0.119 e. The molecular formula is C37H40O2. The molecule has 2 aliphatic rings. The maximum absolute atomic E-state index is 11.1. The van der Waals surface area contributed by atoms with Gasteiger partial charge in [0.05, 0.1) is 5.41 Å². The van der Waals surface area contributed by atoms with Gasteiger partial charge in [-0.2, -0.15) is 0 Å². The van der Waals surface area contributed by atoms with Crippen molar-refractivity contribution in [1.82, 2.24) is 0 Å². The third kappa shape index (κ3) is 4.86. The topological polar surface area (TPSA) is 40.5 Å². The van der Waals surface area contributed by atoms with Crippen molar-refractivity contribution in [3.05, 3.63) is 130 Å². The van der Waals surface area contributed by atoms with Crippen molar-refractivity contribution in [2.75, 3.05) is 0 Å². The monoisotopic (exact) mass is 516 g/mol. The molecule has 0 aromatic heterocycles. The van der Waals surface area contributed by atoms with Gasteiger partial charge in [-0.3, -0.25) is 0 Å². The number of hydrogen-bond donors (Lipinski definition) is 2. The molecular weight excluding hydrogens is 476 g/mol. The second kappa shape index (κ2) is 11.3. The predicted octanol–water partition coefficient (Wildman–Crippen LogP) is 9.58. The van der Waals surface area contributed by atoms with E-state index in [9.17, 15) is 10.2 Å². The Balaban J connectivity index is 1.63. The molecule has 4 aromatic rings. The van der Waals surface area contributed by atoms with E-state index in [1.54, 1.807) is 0 Å². The maximum Gasteiger partial charge on any atom is 0.119 e. The van der Waals surface area contributed by atoms with Crippen molar-refractivity contribution in [3.63, 3.8) is 0 Å². The largest absolute Gasteiger partial charge is 0.508 e. The molecule has 0 bridgehead atoms. The minimum absolute atomic E-state index is 0.389. The number of phenolic OH excluding ortho intramolecular Hbond substituents is 2. The second-order valence-corrected chi connectivity index (χ2v) is 11.7. The summed E-state index contributed by atoms with van der Waals surface area (Å²) in [5.74, 6) is 1.60. The molecule has 2 N–H and O–H groups in total. The van der Waals surface area contributed by atoms with Crippen molar-refractivity contribution in [3.8, 4) is 11.5 Å².